The number of rotatable bonds is 7. The normalized spacial score (nSPS) is 15.2. The van der Waals surface area contributed by atoms with Gasteiger partial charge in [0, 0.05) is 17.8 Å². The molecule has 1 aromatic heterocycles. The van der Waals surface area contributed by atoms with Crippen LogP contribution in [0.5, 0.6) is 0 Å². The quantitative estimate of drug-likeness (QED) is 0.810. The number of nitrogens with zero attached hydrogens (tertiary/aromatic N) is 1. The lowest BCUT2D eigenvalue weighted by Crippen LogP contribution is -2.27. The molecular weight excluding hydrogens is 298 g/mol. The summed E-state index contributed by atoms with van der Waals surface area (Å²) in [6.45, 7) is 4.96. The fourth-order valence-electron chi connectivity index (χ4n) is 2.57. The smallest absolute Gasteiger partial charge is 0.229 e. The first-order valence-corrected chi connectivity index (χ1v) is 8.94. The summed E-state index contributed by atoms with van der Waals surface area (Å²) in [6.07, 6.45) is 5.47. The van der Waals surface area contributed by atoms with Crippen molar-refractivity contribution in [3.63, 3.8) is 0 Å². The Morgan fingerprint density at radius 1 is 1.36 bits per heavy atom. The minimum absolute atomic E-state index is 0.0142. The van der Waals surface area contributed by atoms with E-state index >= 15 is 0 Å². The van der Waals surface area contributed by atoms with Crippen molar-refractivity contribution in [1.82, 2.24) is 10.3 Å². The highest BCUT2D eigenvalue weighted by atomic mass is 32.1. The van der Waals surface area contributed by atoms with Crippen molar-refractivity contribution in [2.24, 2.45) is 11.8 Å². The Labute approximate surface area is 135 Å². The van der Waals surface area contributed by atoms with E-state index < -0.39 is 0 Å². The fourth-order valence-corrected chi connectivity index (χ4v) is 3.28. The standard InChI is InChI=1S/C16H25N3O2S/c1-11(2)7-8-17-14(20)9-13-10-22-16(18-13)19-15(21)12-5-3-4-6-12/h10-12H,3-9H2,1-2H3,(H,17,20)(H,18,19,21). The van der Waals surface area contributed by atoms with E-state index in [1.807, 2.05) is 5.38 Å². The van der Waals surface area contributed by atoms with Crippen molar-refractivity contribution in [1.29, 1.82) is 0 Å². The molecule has 0 bridgehead atoms. The van der Waals surface area contributed by atoms with Crippen LogP contribution >= 0.6 is 11.3 Å². The molecule has 1 fully saturated rings. The molecule has 0 aliphatic heterocycles. The van der Waals surface area contributed by atoms with E-state index in [2.05, 4.69) is 29.5 Å². The van der Waals surface area contributed by atoms with E-state index in [1.54, 1.807) is 0 Å². The number of amides is 2. The SMILES string of the molecule is CC(C)CCNC(=O)Cc1csc(NC(=O)C2CCCC2)n1. The summed E-state index contributed by atoms with van der Waals surface area (Å²) in [5, 5.41) is 8.21. The highest BCUT2D eigenvalue weighted by Crippen LogP contribution is 2.26. The molecule has 1 aromatic rings. The summed E-state index contributed by atoms with van der Waals surface area (Å²) in [6, 6.07) is 0. The molecule has 0 radical (unpaired) electrons. The van der Waals surface area contributed by atoms with Crippen molar-refractivity contribution < 1.29 is 9.59 Å². The summed E-state index contributed by atoms with van der Waals surface area (Å²) < 4.78 is 0. The van der Waals surface area contributed by atoms with Crippen molar-refractivity contribution in [2.45, 2.75) is 52.4 Å². The Morgan fingerprint density at radius 2 is 2.09 bits per heavy atom. The van der Waals surface area contributed by atoms with E-state index in [4.69, 9.17) is 0 Å². The highest BCUT2D eigenvalue weighted by Gasteiger charge is 2.23. The van der Waals surface area contributed by atoms with Crippen LogP contribution in [0.15, 0.2) is 5.38 Å². The number of aromatic nitrogens is 1. The largest absolute Gasteiger partial charge is 0.356 e. The second kappa shape index (κ2) is 8.27. The van der Waals surface area contributed by atoms with Gasteiger partial charge in [-0.1, -0.05) is 26.7 Å². The zero-order chi connectivity index (χ0) is 15.9. The number of thiazole rings is 1. The number of hydrogen-bond acceptors (Lipinski definition) is 4. The molecule has 1 heterocycles. The van der Waals surface area contributed by atoms with Crippen LogP contribution in [0, 0.1) is 11.8 Å². The molecule has 2 amide bonds. The average Bonchev–Trinajstić information content (AvgIpc) is 3.09. The lowest BCUT2D eigenvalue weighted by atomic mass is 10.1. The molecule has 1 aliphatic rings. The van der Waals surface area contributed by atoms with Crippen molar-refractivity contribution in [3.8, 4) is 0 Å². The third-order valence-corrected chi connectivity index (χ3v) is 4.70. The molecule has 0 atom stereocenters. The van der Waals surface area contributed by atoms with Gasteiger partial charge < -0.3 is 10.6 Å². The van der Waals surface area contributed by atoms with Gasteiger partial charge in [0.25, 0.3) is 0 Å². The summed E-state index contributed by atoms with van der Waals surface area (Å²) in [4.78, 5) is 28.2. The van der Waals surface area contributed by atoms with Crippen LogP contribution in [0.1, 0.15) is 51.6 Å². The minimum atomic E-state index is -0.0142. The Hall–Kier alpha value is -1.43. The molecule has 6 heteroatoms. The van der Waals surface area contributed by atoms with Crippen LogP contribution in [-0.4, -0.2) is 23.3 Å². The molecular formula is C16H25N3O2S. The van der Waals surface area contributed by atoms with Gasteiger partial charge in [-0.2, -0.15) is 0 Å². The first-order valence-electron chi connectivity index (χ1n) is 8.06. The molecule has 0 spiro atoms. The molecule has 2 N–H and O–H groups in total. The van der Waals surface area contributed by atoms with Gasteiger partial charge in [0.15, 0.2) is 5.13 Å². The van der Waals surface area contributed by atoms with E-state index in [-0.39, 0.29) is 24.2 Å². The average molecular weight is 323 g/mol. The highest BCUT2D eigenvalue weighted by molar-refractivity contribution is 7.13. The Balaban J connectivity index is 1.76. The molecule has 1 aliphatic carbocycles. The topological polar surface area (TPSA) is 71.1 Å². The Kier molecular flexibility index (Phi) is 6.36. The summed E-state index contributed by atoms with van der Waals surface area (Å²) in [5.41, 5.74) is 0.716. The molecule has 1 saturated carbocycles. The minimum Gasteiger partial charge on any atom is -0.356 e. The van der Waals surface area contributed by atoms with Crippen LogP contribution in [-0.2, 0) is 16.0 Å². The van der Waals surface area contributed by atoms with E-state index in [0.717, 1.165) is 32.1 Å². The zero-order valence-electron chi connectivity index (χ0n) is 13.4. The third-order valence-electron chi connectivity index (χ3n) is 3.89. The van der Waals surface area contributed by atoms with Gasteiger partial charge in [0.2, 0.25) is 11.8 Å². The monoisotopic (exact) mass is 323 g/mol. The molecule has 5 nitrogen and oxygen atoms in total. The van der Waals surface area contributed by atoms with Crippen molar-refractivity contribution in [3.05, 3.63) is 11.1 Å². The lowest BCUT2D eigenvalue weighted by Gasteiger charge is -2.07. The van der Waals surface area contributed by atoms with Crippen LogP contribution in [0.3, 0.4) is 0 Å². The number of carbonyl (C=O) groups is 2. The number of carbonyl (C=O) groups excluding carboxylic acids is 2. The lowest BCUT2D eigenvalue weighted by molar-refractivity contribution is -0.120. The Morgan fingerprint density at radius 3 is 2.77 bits per heavy atom. The number of hydrogen-bond donors (Lipinski definition) is 2. The second-order valence-electron chi connectivity index (χ2n) is 6.32. The fraction of sp³-hybridized carbons (Fsp3) is 0.688. The number of nitrogens with one attached hydrogen (secondary N) is 2. The maximum atomic E-state index is 12.0. The van der Waals surface area contributed by atoms with Crippen LogP contribution in [0.4, 0.5) is 5.13 Å². The zero-order valence-corrected chi connectivity index (χ0v) is 14.2. The van der Waals surface area contributed by atoms with Crippen LogP contribution in [0.25, 0.3) is 0 Å². The molecule has 2 rings (SSSR count). The predicted octanol–water partition coefficient (Wildman–Crippen LogP) is 2.98. The van der Waals surface area contributed by atoms with Crippen LogP contribution in [0.2, 0.25) is 0 Å². The van der Waals surface area contributed by atoms with Crippen LogP contribution < -0.4 is 10.6 Å². The second-order valence-corrected chi connectivity index (χ2v) is 7.18. The third kappa shape index (κ3) is 5.40. The Bertz CT molecular complexity index is 507. The molecule has 122 valence electrons. The van der Waals surface area contributed by atoms with E-state index in [1.165, 1.54) is 11.3 Å². The van der Waals surface area contributed by atoms with E-state index in [0.29, 0.717) is 23.3 Å². The van der Waals surface area contributed by atoms with Crippen molar-refractivity contribution >= 4 is 28.3 Å². The van der Waals surface area contributed by atoms with Gasteiger partial charge >= 0.3 is 0 Å². The molecule has 0 unspecified atom stereocenters. The first kappa shape index (κ1) is 16.9. The molecule has 0 saturated heterocycles. The van der Waals surface area contributed by atoms with Gasteiger partial charge in [0.1, 0.15) is 0 Å². The summed E-state index contributed by atoms with van der Waals surface area (Å²) in [5.74, 6) is 0.767. The molecule has 0 aromatic carbocycles. The van der Waals surface area contributed by atoms with E-state index in [9.17, 15) is 9.59 Å². The maximum absolute atomic E-state index is 12.0. The summed E-state index contributed by atoms with van der Waals surface area (Å²) >= 11 is 1.38. The first-order chi connectivity index (χ1) is 10.5. The predicted molar refractivity (Wildman–Crippen MR) is 88.9 cm³/mol. The van der Waals surface area contributed by atoms with Gasteiger partial charge in [-0.15, -0.1) is 11.3 Å². The molecule has 22 heavy (non-hydrogen) atoms. The number of anilines is 1. The summed E-state index contributed by atoms with van der Waals surface area (Å²) in [7, 11) is 0. The van der Waals surface area contributed by atoms with Gasteiger partial charge in [-0.3, -0.25) is 9.59 Å². The van der Waals surface area contributed by atoms with Gasteiger partial charge in [0.05, 0.1) is 12.1 Å². The van der Waals surface area contributed by atoms with Gasteiger partial charge in [-0.05, 0) is 25.2 Å². The maximum Gasteiger partial charge on any atom is 0.229 e. The van der Waals surface area contributed by atoms with Gasteiger partial charge in [-0.25, -0.2) is 4.98 Å². The van der Waals surface area contributed by atoms with Crippen molar-refractivity contribution in [2.75, 3.05) is 11.9 Å².